The van der Waals surface area contributed by atoms with Crippen LogP contribution in [0.3, 0.4) is 0 Å². The fraction of sp³-hybridized carbons (Fsp3) is 0. The third-order valence-corrected chi connectivity index (χ3v) is 2.30. The zero-order valence-corrected chi connectivity index (χ0v) is 9.86. The van der Waals surface area contributed by atoms with Crippen molar-refractivity contribution in [3.05, 3.63) is 35.0 Å². The minimum absolute atomic E-state index is 0.232. The first-order chi connectivity index (χ1) is 7.16. The van der Waals surface area contributed by atoms with Crippen LogP contribution >= 0.6 is 28.1 Å². The molecule has 2 N–H and O–H groups in total. The van der Waals surface area contributed by atoms with Crippen LogP contribution in [-0.2, 0) is 0 Å². The lowest BCUT2D eigenvalue weighted by molar-refractivity contribution is 0.836. The van der Waals surface area contributed by atoms with Crippen molar-refractivity contribution in [1.29, 1.82) is 0 Å². The summed E-state index contributed by atoms with van der Waals surface area (Å²) < 4.78 is 2.48. The molecule has 0 aliphatic carbocycles. The standard InChI is InChI=1S/C8H6BrN5S/c9-5-1-13-14(4-5)7-3-11-6(2-12-7)8(10)15/h1-4H,(H2,10,15). The Hall–Kier alpha value is -1.34. The van der Waals surface area contributed by atoms with E-state index in [0.717, 1.165) is 4.47 Å². The van der Waals surface area contributed by atoms with Gasteiger partial charge in [0, 0.05) is 6.20 Å². The highest BCUT2D eigenvalue weighted by Crippen LogP contribution is 2.09. The maximum absolute atomic E-state index is 5.41. The number of rotatable bonds is 2. The number of aromatic nitrogens is 4. The normalized spacial score (nSPS) is 10.2. The van der Waals surface area contributed by atoms with Crippen molar-refractivity contribution in [2.24, 2.45) is 5.73 Å². The quantitative estimate of drug-likeness (QED) is 0.835. The van der Waals surface area contributed by atoms with E-state index in [0.29, 0.717) is 11.5 Å². The van der Waals surface area contributed by atoms with Crippen LogP contribution in [0.25, 0.3) is 5.82 Å². The third kappa shape index (κ3) is 2.18. The highest BCUT2D eigenvalue weighted by molar-refractivity contribution is 9.10. The van der Waals surface area contributed by atoms with Crippen LogP contribution in [0.2, 0.25) is 0 Å². The minimum Gasteiger partial charge on any atom is -0.388 e. The molecule has 0 spiro atoms. The molecular weight excluding hydrogens is 278 g/mol. The van der Waals surface area contributed by atoms with Crippen LogP contribution in [0.5, 0.6) is 0 Å². The van der Waals surface area contributed by atoms with Crippen LogP contribution in [0.4, 0.5) is 0 Å². The van der Waals surface area contributed by atoms with Crippen LogP contribution in [0, 0.1) is 0 Å². The van der Waals surface area contributed by atoms with E-state index in [9.17, 15) is 0 Å². The van der Waals surface area contributed by atoms with Crippen molar-refractivity contribution in [1.82, 2.24) is 19.7 Å². The molecule has 0 saturated heterocycles. The molecule has 2 aromatic rings. The first-order valence-corrected chi connectivity index (χ1v) is 5.19. The fourth-order valence-electron chi connectivity index (χ4n) is 0.993. The molecule has 5 nitrogen and oxygen atoms in total. The van der Waals surface area contributed by atoms with Gasteiger partial charge in [0.1, 0.15) is 10.7 Å². The van der Waals surface area contributed by atoms with Gasteiger partial charge in [-0.1, -0.05) is 12.2 Å². The second kappa shape index (κ2) is 4.03. The Kier molecular flexibility index (Phi) is 2.74. The predicted molar refractivity (Wildman–Crippen MR) is 62.7 cm³/mol. The van der Waals surface area contributed by atoms with E-state index < -0.39 is 0 Å². The molecule has 76 valence electrons. The highest BCUT2D eigenvalue weighted by Gasteiger charge is 2.02. The maximum Gasteiger partial charge on any atom is 0.171 e. The van der Waals surface area contributed by atoms with Gasteiger partial charge in [-0.25, -0.2) is 14.6 Å². The molecule has 7 heteroatoms. The average Bonchev–Trinajstić information content (AvgIpc) is 2.65. The molecule has 0 aliphatic rings. The van der Waals surface area contributed by atoms with Crippen molar-refractivity contribution in [3.8, 4) is 5.82 Å². The lowest BCUT2D eigenvalue weighted by Crippen LogP contribution is -2.12. The summed E-state index contributed by atoms with van der Waals surface area (Å²) in [4.78, 5) is 8.42. The number of nitrogens with zero attached hydrogens (tertiary/aromatic N) is 4. The summed E-state index contributed by atoms with van der Waals surface area (Å²) >= 11 is 8.07. The van der Waals surface area contributed by atoms with Crippen LogP contribution < -0.4 is 5.73 Å². The van der Waals surface area contributed by atoms with Crippen molar-refractivity contribution in [2.45, 2.75) is 0 Å². The zero-order valence-electron chi connectivity index (χ0n) is 7.46. The van der Waals surface area contributed by atoms with Crippen molar-refractivity contribution >= 4 is 33.1 Å². The van der Waals surface area contributed by atoms with Gasteiger partial charge in [0.2, 0.25) is 0 Å². The Bertz CT molecular complexity index is 492. The monoisotopic (exact) mass is 283 g/mol. The number of thiocarbonyl (C=S) groups is 1. The van der Waals surface area contributed by atoms with Crippen molar-refractivity contribution in [2.75, 3.05) is 0 Å². The van der Waals surface area contributed by atoms with E-state index in [-0.39, 0.29) is 4.99 Å². The Morgan fingerprint density at radius 3 is 2.60 bits per heavy atom. The van der Waals surface area contributed by atoms with Crippen molar-refractivity contribution < 1.29 is 0 Å². The van der Waals surface area contributed by atoms with Gasteiger partial charge in [0.25, 0.3) is 0 Å². The van der Waals surface area contributed by atoms with Crippen molar-refractivity contribution in [3.63, 3.8) is 0 Å². The Morgan fingerprint density at radius 1 is 1.33 bits per heavy atom. The molecule has 0 fully saturated rings. The van der Waals surface area contributed by atoms with Gasteiger partial charge in [-0.3, -0.25) is 0 Å². The molecule has 2 aromatic heterocycles. The predicted octanol–water partition coefficient (Wildman–Crippen LogP) is 1.06. The smallest absolute Gasteiger partial charge is 0.171 e. The Labute approximate surface area is 99.5 Å². The summed E-state index contributed by atoms with van der Waals surface area (Å²) in [6.07, 6.45) is 6.54. The number of hydrogen-bond acceptors (Lipinski definition) is 4. The highest BCUT2D eigenvalue weighted by atomic mass is 79.9. The molecule has 0 amide bonds. The summed E-state index contributed by atoms with van der Waals surface area (Å²) in [6.45, 7) is 0. The van der Waals surface area contributed by atoms with Gasteiger partial charge in [-0.05, 0) is 15.9 Å². The lowest BCUT2D eigenvalue weighted by atomic mass is 10.4. The molecule has 0 unspecified atom stereocenters. The minimum atomic E-state index is 0.232. The SMILES string of the molecule is NC(=S)c1cnc(-n2cc(Br)cn2)cn1. The van der Waals surface area contributed by atoms with E-state index >= 15 is 0 Å². The van der Waals surface area contributed by atoms with Crippen LogP contribution in [-0.4, -0.2) is 24.7 Å². The second-order valence-corrected chi connectivity index (χ2v) is 4.08. The maximum atomic E-state index is 5.41. The van der Waals surface area contributed by atoms with Gasteiger partial charge in [-0.2, -0.15) is 5.10 Å². The van der Waals surface area contributed by atoms with E-state index in [1.807, 2.05) is 0 Å². The van der Waals surface area contributed by atoms with E-state index in [1.165, 1.54) is 6.20 Å². The molecule has 0 atom stereocenters. The Balaban J connectivity index is 2.35. The summed E-state index contributed by atoms with van der Waals surface area (Å²) in [6, 6.07) is 0. The zero-order chi connectivity index (χ0) is 10.8. The topological polar surface area (TPSA) is 69.6 Å². The Morgan fingerprint density at radius 2 is 2.13 bits per heavy atom. The lowest BCUT2D eigenvalue weighted by Gasteiger charge is -2.00. The first-order valence-electron chi connectivity index (χ1n) is 3.99. The van der Waals surface area contributed by atoms with Gasteiger partial charge in [0.15, 0.2) is 5.82 Å². The second-order valence-electron chi connectivity index (χ2n) is 2.73. The van der Waals surface area contributed by atoms with E-state index in [4.69, 9.17) is 18.0 Å². The number of hydrogen-bond donors (Lipinski definition) is 1. The molecule has 2 heterocycles. The van der Waals surface area contributed by atoms with Crippen LogP contribution in [0.1, 0.15) is 5.69 Å². The number of halogens is 1. The first kappa shape index (κ1) is 10.2. The average molecular weight is 284 g/mol. The number of nitrogens with two attached hydrogens (primary N) is 1. The largest absolute Gasteiger partial charge is 0.388 e. The molecule has 0 aliphatic heterocycles. The molecule has 0 saturated carbocycles. The van der Waals surface area contributed by atoms with Gasteiger partial charge in [-0.15, -0.1) is 0 Å². The van der Waals surface area contributed by atoms with E-state index in [2.05, 4.69) is 31.0 Å². The molecule has 0 bridgehead atoms. The van der Waals surface area contributed by atoms with Crippen LogP contribution in [0.15, 0.2) is 29.3 Å². The van der Waals surface area contributed by atoms with Gasteiger partial charge < -0.3 is 5.73 Å². The van der Waals surface area contributed by atoms with E-state index in [1.54, 1.807) is 23.3 Å². The molecular formula is C8H6BrN5S. The third-order valence-electron chi connectivity index (χ3n) is 1.68. The summed E-state index contributed by atoms with van der Waals surface area (Å²) in [5.74, 6) is 0.612. The fourth-order valence-corrected chi connectivity index (χ4v) is 1.38. The summed E-state index contributed by atoms with van der Waals surface area (Å²) in [5.41, 5.74) is 5.91. The molecule has 2 rings (SSSR count). The van der Waals surface area contributed by atoms with Gasteiger partial charge >= 0.3 is 0 Å². The molecule has 0 radical (unpaired) electrons. The summed E-state index contributed by atoms with van der Waals surface area (Å²) in [7, 11) is 0. The molecule has 0 aromatic carbocycles. The molecule has 15 heavy (non-hydrogen) atoms. The summed E-state index contributed by atoms with van der Waals surface area (Å²) in [5, 5.41) is 4.06. The van der Waals surface area contributed by atoms with Gasteiger partial charge in [0.05, 0.1) is 23.1 Å².